The first-order valence-corrected chi connectivity index (χ1v) is 6.84. The van der Waals surface area contributed by atoms with Crippen molar-refractivity contribution in [1.82, 2.24) is 5.32 Å². The number of amides is 1. The first-order valence-electron chi connectivity index (χ1n) is 6.84. The smallest absolute Gasteiger partial charge is 0.261 e. The Morgan fingerprint density at radius 2 is 1.85 bits per heavy atom. The fourth-order valence-electron chi connectivity index (χ4n) is 2.46. The minimum Gasteiger partial charge on any atom is -0.480 e. The molecule has 3 nitrogen and oxygen atoms in total. The van der Waals surface area contributed by atoms with Crippen LogP contribution < -0.4 is 10.1 Å². The molecular weight excluding hydrogens is 250 g/mol. The molecule has 0 saturated carbocycles. The van der Waals surface area contributed by atoms with Gasteiger partial charge in [0.1, 0.15) is 5.75 Å². The Kier molecular flexibility index (Phi) is 3.42. The number of benzene rings is 2. The highest BCUT2D eigenvalue weighted by molar-refractivity contribution is 5.82. The molecule has 3 rings (SSSR count). The molecule has 0 spiro atoms. The molecule has 20 heavy (non-hydrogen) atoms. The summed E-state index contributed by atoms with van der Waals surface area (Å²) in [6, 6.07) is 17.7. The Hall–Kier alpha value is -2.29. The van der Waals surface area contributed by atoms with Crippen molar-refractivity contribution in [3.05, 3.63) is 65.7 Å². The van der Waals surface area contributed by atoms with E-state index < -0.39 is 6.10 Å². The van der Waals surface area contributed by atoms with Crippen LogP contribution in [0, 0.1) is 0 Å². The van der Waals surface area contributed by atoms with Crippen LogP contribution in [0.4, 0.5) is 0 Å². The average Bonchev–Trinajstić information content (AvgIpc) is 2.92. The summed E-state index contributed by atoms with van der Waals surface area (Å²) in [6.45, 7) is 1.98. The van der Waals surface area contributed by atoms with Gasteiger partial charge >= 0.3 is 0 Å². The van der Waals surface area contributed by atoms with Crippen molar-refractivity contribution in [2.24, 2.45) is 0 Å². The summed E-state index contributed by atoms with van der Waals surface area (Å²) in [5, 5.41) is 3.01. The SMILES string of the molecule is C[C@@H](NC(=O)[C@@H]1Cc2ccccc2O1)c1ccccc1. The molecule has 0 radical (unpaired) electrons. The summed E-state index contributed by atoms with van der Waals surface area (Å²) in [5.41, 5.74) is 2.19. The number of carbonyl (C=O) groups excluding carboxylic acids is 1. The van der Waals surface area contributed by atoms with Crippen LogP contribution in [-0.2, 0) is 11.2 Å². The third-order valence-corrected chi connectivity index (χ3v) is 3.60. The zero-order valence-corrected chi connectivity index (χ0v) is 11.4. The Morgan fingerprint density at radius 3 is 2.60 bits per heavy atom. The lowest BCUT2D eigenvalue weighted by Crippen LogP contribution is -2.38. The maximum Gasteiger partial charge on any atom is 0.261 e. The second-order valence-corrected chi connectivity index (χ2v) is 5.06. The van der Waals surface area contributed by atoms with E-state index in [-0.39, 0.29) is 11.9 Å². The van der Waals surface area contributed by atoms with Gasteiger partial charge in [-0.15, -0.1) is 0 Å². The molecule has 1 aliphatic rings. The predicted molar refractivity (Wildman–Crippen MR) is 77.6 cm³/mol. The number of para-hydroxylation sites is 1. The summed E-state index contributed by atoms with van der Waals surface area (Å²) in [5.74, 6) is 0.762. The van der Waals surface area contributed by atoms with E-state index in [1.165, 1.54) is 0 Å². The van der Waals surface area contributed by atoms with Gasteiger partial charge in [-0.1, -0.05) is 48.5 Å². The van der Waals surface area contributed by atoms with Gasteiger partial charge in [-0.05, 0) is 24.1 Å². The standard InChI is InChI=1S/C17H17NO2/c1-12(13-7-3-2-4-8-13)18-17(19)16-11-14-9-5-6-10-15(14)20-16/h2-10,12,16H,11H2,1H3,(H,18,19)/t12-,16+/m1/s1. The number of fused-ring (bicyclic) bond motifs is 1. The Bertz CT molecular complexity index is 584. The van der Waals surface area contributed by atoms with Crippen LogP contribution in [0.15, 0.2) is 54.6 Å². The second-order valence-electron chi connectivity index (χ2n) is 5.06. The van der Waals surface area contributed by atoms with Gasteiger partial charge in [0.25, 0.3) is 5.91 Å². The molecule has 1 aliphatic heterocycles. The zero-order chi connectivity index (χ0) is 13.9. The highest BCUT2D eigenvalue weighted by Gasteiger charge is 2.29. The van der Waals surface area contributed by atoms with Gasteiger partial charge in [0.2, 0.25) is 0 Å². The third kappa shape index (κ3) is 2.52. The van der Waals surface area contributed by atoms with Crippen molar-refractivity contribution in [2.45, 2.75) is 25.5 Å². The van der Waals surface area contributed by atoms with E-state index in [0.29, 0.717) is 6.42 Å². The monoisotopic (exact) mass is 267 g/mol. The maximum absolute atomic E-state index is 12.3. The summed E-state index contributed by atoms with van der Waals surface area (Å²) < 4.78 is 5.69. The third-order valence-electron chi connectivity index (χ3n) is 3.60. The number of hydrogen-bond acceptors (Lipinski definition) is 2. The van der Waals surface area contributed by atoms with Gasteiger partial charge in [0, 0.05) is 6.42 Å². The molecule has 0 saturated heterocycles. The summed E-state index contributed by atoms with van der Waals surface area (Å²) in [4.78, 5) is 12.3. The van der Waals surface area contributed by atoms with Crippen molar-refractivity contribution in [1.29, 1.82) is 0 Å². The van der Waals surface area contributed by atoms with Crippen LogP contribution in [0.1, 0.15) is 24.1 Å². The van der Waals surface area contributed by atoms with Gasteiger partial charge in [-0.3, -0.25) is 4.79 Å². The van der Waals surface area contributed by atoms with Crippen LogP contribution in [0.25, 0.3) is 0 Å². The topological polar surface area (TPSA) is 38.3 Å². The predicted octanol–water partition coefficient (Wildman–Crippen LogP) is 2.87. The van der Waals surface area contributed by atoms with Crippen molar-refractivity contribution < 1.29 is 9.53 Å². The molecule has 102 valence electrons. The van der Waals surface area contributed by atoms with Gasteiger partial charge in [0.15, 0.2) is 6.10 Å². The van der Waals surface area contributed by atoms with E-state index in [9.17, 15) is 4.79 Å². The number of nitrogens with one attached hydrogen (secondary N) is 1. The minimum absolute atomic E-state index is 0.0176. The number of carbonyl (C=O) groups is 1. The minimum atomic E-state index is -0.418. The lowest BCUT2D eigenvalue weighted by Gasteiger charge is -2.17. The van der Waals surface area contributed by atoms with Gasteiger partial charge in [-0.2, -0.15) is 0 Å². The fourth-order valence-corrected chi connectivity index (χ4v) is 2.46. The second kappa shape index (κ2) is 5.37. The molecule has 3 heteroatoms. The first kappa shape index (κ1) is 12.7. The van der Waals surface area contributed by atoms with Crippen molar-refractivity contribution in [2.75, 3.05) is 0 Å². The van der Waals surface area contributed by atoms with E-state index in [2.05, 4.69) is 5.32 Å². The van der Waals surface area contributed by atoms with Crippen LogP contribution in [0.5, 0.6) is 5.75 Å². The average molecular weight is 267 g/mol. The van der Waals surface area contributed by atoms with E-state index in [0.717, 1.165) is 16.9 Å². The van der Waals surface area contributed by atoms with Gasteiger partial charge in [-0.25, -0.2) is 0 Å². The van der Waals surface area contributed by atoms with Gasteiger partial charge < -0.3 is 10.1 Å². The molecule has 2 aromatic rings. The normalized spacial score (nSPS) is 17.9. The molecule has 0 aromatic heterocycles. The highest BCUT2D eigenvalue weighted by Crippen LogP contribution is 2.28. The van der Waals surface area contributed by atoms with E-state index in [1.54, 1.807) is 0 Å². The molecule has 0 unspecified atom stereocenters. The molecule has 1 N–H and O–H groups in total. The Balaban J connectivity index is 1.64. The summed E-state index contributed by atoms with van der Waals surface area (Å²) in [6.07, 6.45) is 0.224. The van der Waals surface area contributed by atoms with E-state index in [4.69, 9.17) is 4.74 Å². The van der Waals surface area contributed by atoms with E-state index >= 15 is 0 Å². The van der Waals surface area contributed by atoms with Crippen molar-refractivity contribution in [3.8, 4) is 5.75 Å². The maximum atomic E-state index is 12.3. The van der Waals surface area contributed by atoms with Crippen LogP contribution in [0.2, 0.25) is 0 Å². The van der Waals surface area contributed by atoms with E-state index in [1.807, 2.05) is 61.5 Å². The molecule has 2 atom stereocenters. The quantitative estimate of drug-likeness (QED) is 0.928. The van der Waals surface area contributed by atoms with Crippen LogP contribution in [0.3, 0.4) is 0 Å². The molecule has 1 heterocycles. The zero-order valence-electron chi connectivity index (χ0n) is 11.4. The van der Waals surface area contributed by atoms with Gasteiger partial charge in [0.05, 0.1) is 6.04 Å². The molecule has 2 aromatic carbocycles. The number of ether oxygens (including phenoxy) is 1. The molecular formula is C17H17NO2. The van der Waals surface area contributed by atoms with Crippen LogP contribution in [-0.4, -0.2) is 12.0 Å². The molecule has 0 bridgehead atoms. The highest BCUT2D eigenvalue weighted by atomic mass is 16.5. The Morgan fingerprint density at radius 1 is 1.15 bits per heavy atom. The summed E-state index contributed by atoms with van der Waals surface area (Å²) in [7, 11) is 0. The van der Waals surface area contributed by atoms with Crippen molar-refractivity contribution in [3.63, 3.8) is 0 Å². The summed E-state index contributed by atoms with van der Waals surface area (Å²) >= 11 is 0. The largest absolute Gasteiger partial charge is 0.480 e. The molecule has 0 fully saturated rings. The Labute approximate surface area is 118 Å². The number of rotatable bonds is 3. The fraction of sp³-hybridized carbons (Fsp3) is 0.235. The lowest BCUT2D eigenvalue weighted by molar-refractivity contribution is -0.127. The van der Waals surface area contributed by atoms with Crippen LogP contribution >= 0.6 is 0 Å². The lowest BCUT2D eigenvalue weighted by atomic mass is 10.1. The molecule has 0 aliphatic carbocycles. The first-order chi connectivity index (χ1) is 9.74. The molecule has 1 amide bonds. The van der Waals surface area contributed by atoms with Crippen molar-refractivity contribution >= 4 is 5.91 Å². The number of hydrogen-bond donors (Lipinski definition) is 1.